The van der Waals surface area contributed by atoms with Crippen molar-refractivity contribution in [3.63, 3.8) is 0 Å². The molecular weight excluding hydrogens is 196 g/mol. The van der Waals surface area contributed by atoms with Crippen LogP contribution in [0.15, 0.2) is 18.3 Å². The number of pyridine rings is 1. The smallest absolute Gasteiger partial charge is 0.152 e. The first-order chi connectivity index (χ1) is 6.86. The molecule has 1 aliphatic carbocycles. The summed E-state index contributed by atoms with van der Waals surface area (Å²) in [6.45, 7) is 0. The SMILES string of the molecule is Clc1ncccc1NC1CCCCC1. The molecule has 1 N–H and O–H groups in total. The molecule has 0 spiro atoms. The van der Waals surface area contributed by atoms with Crippen molar-refractivity contribution in [1.82, 2.24) is 4.98 Å². The van der Waals surface area contributed by atoms with Gasteiger partial charge in [0.15, 0.2) is 5.15 Å². The molecule has 0 saturated heterocycles. The first-order valence-electron chi connectivity index (χ1n) is 5.23. The molecule has 0 amide bonds. The van der Waals surface area contributed by atoms with Gasteiger partial charge in [-0.25, -0.2) is 4.98 Å². The number of rotatable bonds is 2. The summed E-state index contributed by atoms with van der Waals surface area (Å²) in [7, 11) is 0. The van der Waals surface area contributed by atoms with Gasteiger partial charge >= 0.3 is 0 Å². The van der Waals surface area contributed by atoms with E-state index in [1.807, 2.05) is 12.1 Å². The number of hydrogen-bond acceptors (Lipinski definition) is 2. The molecule has 0 aromatic carbocycles. The Kier molecular flexibility index (Phi) is 3.25. The van der Waals surface area contributed by atoms with Crippen LogP contribution in [0.5, 0.6) is 0 Å². The van der Waals surface area contributed by atoms with Crippen LogP contribution in [0.4, 0.5) is 5.69 Å². The van der Waals surface area contributed by atoms with Gasteiger partial charge in [0.25, 0.3) is 0 Å². The second kappa shape index (κ2) is 4.65. The minimum Gasteiger partial charge on any atom is -0.380 e. The van der Waals surface area contributed by atoms with Crippen molar-refractivity contribution in [3.05, 3.63) is 23.5 Å². The predicted molar refractivity (Wildman–Crippen MR) is 59.7 cm³/mol. The maximum Gasteiger partial charge on any atom is 0.152 e. The molecule has 0 aliphatic heterocycles. The van der Waals surface area contributed by atoms with Crippen molar-refractivity contribution in [3.8, 4) is 0 Å². The van der Waals surface area contributed by atoms with Gasteiger partial charge in [-0.2, -0.15) is 0 Å². The van der Waals surface area contributed by atoms with E-state index in [1.54, 1.807) is 6.20 Å². The zero-order valence-corrected chi connectivity index (χ0v) is 8.93. The van der Waals surface area contributed by atoms with E-state index in [1.165, 1.54) is 32.1 Å². The molecule has 0 unspecified atom stereocenters. The largest absolute Gasteiger partial charge is 0.380 e. The minimum atomic E-state index is 0.582. The van der Waals surface area contributed by atoms with Crippen molar-refractivity contribution < 1.29 is 0 Å². The number of hydrogen-bond donors (Lipinski definition) is 1. The highest BCUT2D eigenvalue weighted by atomic mass is 35.5. The molecule has 1 fully saturated rings. The fourth-order valence-electron chi connectivity index (χ4n) is 1.96. The van der Waals surface area contributed by atoms with E-state index in [4.69, 9.17) is 11.6 Å². The van der Waals surface area contributed by atoms with Gasteiger partial charge in [0.2, 0.25) is 0 Å². The quantitative estimate of drug-likeness (QED) is 0.756. The summed E-state index contributed by atoms with van der Waals surface area (Å²) in [4.78, 5) is 4.05. The molecule has 0 bridgehead atoms. The highest BCUT2D eigenvalue weighted by molar-refractivity contribution is 6.31. The van der Waals surface area contributed by atoms with Gasteiger partial charge in [0.1, 0.15) is 0 Å². The average molecular weight is 211 g/mol. The number of aromatic nitrogens is 1. The summed E-state index contributed by atoms with van der Waals surface area (Å²) in [6.07, 6.45) is 8.26. The highest BCUT2D eigenvalue weighted by Crippen LogP contribution is 2.24. The Morgan fingerprint density at radius 2 is 2.07 bits per heavy atom. The van der Waals surface area contributed by atoms with Crippen LogP contribution in [0.25, 0.3) is 0 Å². The lowest BCUT2D eigenvalue weighted by atomic mass is 9.95. The molecule has 76 valence electrons. The van der Waals surface area contributed by atoms with Crippen molar-refractivity contribution >= 4 is 17.3 Å². The molecule has 2 nitrogen and oxygen atoms in total. The Balaban J connectivity index is 1.99. The van der Waals surface area contributed by atoms with Gasteiger partial charge in [-0.3, -0.25) is 0 Å². The van der Waals surface area contributed by atoms with Crippen molar-refractivity contribution in [2.75, 3.05) is 5.32 Å². The van der Waals surface area contributed by atoms with Crippen LogP contribution in [0.3, 0.4) is 0 Å². The van der Waals surface area contributed by atoms with Crippen molar-refractivity contribution in [2.24, 2.45) is 0 Å². The third-order valence-electron chi connectivity index (χ3n) is 2.72. The Labute approximate surface area is 89.7 Å². The monoisotopic (exact) mass is 210 g/mol. The lowest BCUT2D eigenvalue weighted by molar-refractivity contribution is 0.462. The molecule has 0 radical (unpaired) electrons. The average Bonchev–Trinajstić information content (AvgIpc) is 2.23. The molecular formula is C11H15ClN2. The van der Waals surface area contributed by atoms with Crippen LogP contribution < -0.4 is 5.32 Å². The van der Waals surface area contributed by atoms with E-state index in [2.05, 4.69) is 10.3 Å². The lowest BCUT2D eigenvalue weighted by Gasteiger charge is -2.23. The highest BCUT2D eigenvalue weighted by Gasteiger charge is 2.13. The molecule has 2 rings (SSSR count). The van der Waals surface area contributed by atoms with Crippen LogP contribution in [-0.4, -0.2) is 11.0 Å². The van der Waals surface area contributed by atoms with E-state index < -0.39 is 0 Å². The Bertz CT molecular complexity index is 295. The maximum absolute atomic E-state index is 5.97. The fraction of sp³-hybridized carbons (Fsp3) is 0.545. The van der Waals surface area contributed by atoms with E-state index >= 15 is 0 Å². The molecule has 1 saturated carbocycles. The van der Waals surface area contributed by atoms with Crippen molar-refractivity contribution in [1.29, 1.82) is 0 Å². The first-order valence-corrected chi connectivity index (χ1v) is 5.61. The van der Waals surface area contributed by atoms with Crippen LogP contribution in [-0.2, 0) is 0 Å². The first kappa shape index (κ1) is 9.78. The third-order valence-corrected chi connectivity index (χ3v) is 3.03. The molecule has 1 aliphatic rings. The molecule has 3 heteroatoms. The summed E-state index contributed by atoms with van der Waals surface area (Å²) in [5.74, 6) is 0. The summed E-state index contributed by atoms with van der Waals surface area (Å²) in [5, 5.41) is 4.04. The maximum atomic E-state index is 5.97. The fourth-order valence-corrected chi connectivity index (χ4v) is 2.13. The summed E-state index contributed by atoms with van der Waals surface area (Å²) in [6, 6.07) is 4.49. The molecule has 1 aromatic heterocycles. The summed E-state index contributed by atoms with van der Waals surface area (Å²) in [5.41, 5.74) is 0.973. The zero-order chi connectivity index (χ0) is 9.80. The van der Waals surface area contributed by atoms with Gasteiger partial charge in [-0.1, -0.05) is 30.9 Å². The molecule has 14 heavy (non-hydrogen) atoms. The van der Waals surface area contributed by atoms with Crippen LogP contribution in [0.2, 0.25) is 5.15 Å². The number of anilines is 1. The van der Waals surface area contributed by atoms with E-state index in [0.717, 1.165) is 5.69 Å². The van der Waals surface area contributed by atoms with E-state index in [0.29, 0.717) is 11.2 Å². The third kappa shape index (κ3) is 2.38. The lowest BCUT2D eigenvalue weighted by Crippen LogP contribution is -2.22. The molecule has 1 heterocycles. The second-order valence-corrected chi connectivity index (χ2v) is 4.18. The van der Waals surface area contributed by atoms with Crippen LogP contribution in [0.1, 0.15) is 32.1 Å². The zero-order valence-electron chi connectivity index (χ0n) is 8.17. The summed E-state index contributed by atoms with van der Waals surface area (Å²) >= 11 is 5.97. The van der Waals surface area contributed by atoms with Gasteiger partial charge in [-0.15, -0.1) is 0 Å². The van der Waals surface area contributed by atoms with Gasteiger partial charge in [0, 0.05) is 12.2 Å². The Morgan fingerprint density at radius 3 is 2.79 bits per heavy atom. The van der Waals surface area contributed by atoms with Gasteiger partial charge in [0.05, 0.1) is 5.69 Å². The Hall–Kier alpha value is -0.760. The molecule has 1 aromatic rings. The minimum absolute atomic E-state index is 0.582. The molecule has 0 atom stereocenters. The van der Waals surface area contributed by atoms with Crippen LogP contribution in [0, 0.1) is 0 Å². The normalized spacial score (nSPS) is 18.1. The van der Waals surface area contributed by atoms with E-state index in [-0.39, 0.29) is 0 Å². The van der Waals surface area contributed by atoms with Crippen LogP contribution >= 0.6 is 11.6 Å². The van der Waals surface area contributed by atoms with Crippen molar-refractivity contribution in [2.45, 2.75) is 38.1 Å². The number of nitrogens with one attached hydrogen (secondary N) is 1. The van der Waals surface area contributed by atoms with Gasteiger partial charge < -0.3 is 5.32 Å². The number of halogens is 1. The number of nitrogens with zero attached hydrogens (tertiary/aromatic N) is 1. The topological polar surface area (TPSA) is 24.9 Å². The predicted octanol–water partition coefficient (Wildman–Crippen LogP) is 3.48. The Morgan fingerprint density at radius 1 is 1.29 bits per heavy atom. The second-order valence-electron chi connectivity index (χ2n) is 3.82. The summed E-state index contributed by atoms with van der Waals surface area (Å²) < 4.78 is 0. The van der Waals surface area contributed by atoms with E-state index in [9.17, 15) is 0 Å². The van der Waals surface area contributed by atoms with Gasteiger partial charge in [-0.05, 0) is 25.0 Å². The standard InChI is InChI=1S/C11H15ClN2/c12-11-10(7-4-8-13-11)14-9-5-2-1-3-6-9/h4,7-9,14H,1-3,5-6H2.